The van der Waals surface area contributed by atoms with E-state index in [0.717, 1.165) is 12.8 Å². The molecule has 84 valence electrons. The maximum Gasteiger partial charge on any atom is 0.0429 e. The van der Waals surface area contributed by atoms with Crippen molar-refractivity contribution in [1.29, 1.82) is 0 Å². The summed E-state index contributed by atoms with van der Waals surface area (Å²) < 4.78 is 0. The Bertz CT molecular complexity index is 269. The first kappa shape index (κ1) is 12.5. The van der Waals surface area contributed by atoms with E-state index in [1.807, 2.05) is 12.4 Å². The smallest absolute Gasteiger partial charge is 0.0429 e. The molecule has 2 atom stereocenters. The fourth-order valence-electron chi connectivity index (χ4n) is 2.00. The molecule has 1 nitrogen and oxygen atoms in total. The normalized spacial score (nSPS) is 15.3. The summed E-state index contributed by atoms with van der Waals surface area (Å²) in [6.07, 6.45) is 5.98. The van der Waals surface area contributed by atoms with Gasteiger partial charge in [-0.3, -0.25) is 4.98 Å². The van der Waals surface area contributed by atoms with E-state index in [-0.39, 0.29) is 5.38 Å². The van der Waals surface area contributed by atoms with Crippen LogP contribution in [0.1, 0.15) is 45.1 Å². The highest BCUT2D eigenvalue weighted by molar-refractivity contribution is 6.21. The van der Waals surface area contributed by atoms with E-state index in [0.29, 0.717) is 11.8 Å². The molecule has 0 spiro atoms. The van der Waals surface area contributed by atoms with Crippen LogP contribution in [0.15, 0.2) is 24.5 Å². The van der Waals surface area contributed by atoms with Gasteiger partial charge in [0.1, 0.15) is 0 Å². The molecular formula is C13H20ClN. The van der Waals surface area contributed by atoms with E-state index >= 15 is 0 Å². The molecule has 1 rings (SSSR count). The van der Waals surface area contributed by atoms with Crippen molar-refractivity contribution in [2.45, 2.75) is 44.9 Å². The second-order valence-corrected chi connectivity index (χ2v) is 4.59. The number of pyridine rings is 1. The Labute approximate surface area is 97.9 Å². The summed E-state index contributed by atoms with van der Waals surface area (Å²) in [5, 5.41) is 0.224. The predicted octanol–water partition coefficient (Wildman–Crippen LogP) is 4.23. The Hall–Kier alpha value is -0.560. The molecule has 0 aromatic carbocycles. The monoisotopic (exact) mass is 225 g/mol. The lowest BCUT2D eigenvalue weighted by molar-refractivity contribution is 0.430. The van der Waals surface area contributed by atoms with Crippen molar-refractivity contribution in [1.82, 2.24) is 4.98 Å². The lowest BCUT2D eigenvalue weighted by Gasteiger charge is -2.25. The van der Waals surface area contributed by atoms with Crippen molar-refractivity contribution < 1.29 is 0 Å². The summed E-state index contributed by atoms with van der Waals surface area (Å²) in [4.78, 5) is 4.03. The molecule has 0 saturated heterocycles. The highest BCUT2D eigenvalue weighted by Crippen LogP contribution is 2.31. The van der Waals surface area contributed by atoms with E-state index < -0.39 is 0 Å². The number of hydrogen-bond donors (Lipinski definition) is 0. The summed E-state index contributed by atoms with van der Waals surface area (Å²) in [5.41, 5.74) is 1.29. The van der Waals surface area contributed by atoms with Crippen molar-refractivity contribution in [3.63, 3.8) is 0 Å². The zero-order valence-electron chi connectivity index (χ0n) is 9.78. The minimum Gasteiger partial charge on any atom is -0.265 e. The lowest BCUT2D eigenvalue weighted by atomic mass is 9.87. The second-order valence-electron chi connectivity index (χ2n) is 4.09. The Morgan fingerprint density at radius 3 is 2.20 bits per heavy atom. The second kappa shape index (κ2) is 6.12. The van der Waals surface area contributed by atoms with Crippen molar-refractivity contribution in [2.75, 3.05) is 0 Å². The van der Waals surface area contributed by atoms with Crippen LogP contribution in [-0.4, -0.2) is 10.4 Å². The molecule has 2 unspecified atom stereocenters. The number of rotatable bonds is 5. The standard InChI is InChI=1S/C13H20ClN/c1-4-11(5-2)13(14)10(3)12-6-8-15-9-7-12/h6-11,13H,4-5H2,1-3H3. The highest BCUT2D eigenvalue weighted by Gasteiger charge is 2.23. The molecule has 1 heterocycles. The van der Waals surface area contributed by atoms with Crippen LogP contribution in [0.3, 0.4) is 0 Å². The van der Waals surface area contributed by atoms with Gasteiger partial charge in [-0.2, -0.15) is 0 Å². The first-order chi connectivity index (χ1) is 7.20. The minimum absolute atomic E-state index is 0.224. The molecule has 0 fully saturated rings. The summed E-state index contributed by atoms with van der Waals surface area (Å²) >= 11 is 6.51. The third-order valence-corrected chi connectivity index (χ3v) is 3.94. The van der Waals surface area contributed by atoms with E-state index in [4.69, 9.17) is 11.6 Å². The van der Waals surface area contributed by atoms with Crippen molar-refractivity contribution >= 4 is 11.6 Å². The molecule has 2 heteroatoms. The Kier molecular flexibility index (Phi) is 5.10. The van der Waals surface area contributed by atoms with Crippen LogP contribution in [0.25, 0.3) is 0 Å². The Morgan fingerprint density at radius 2 is 1.73 bits per heavy atom. The molecule has 0 N–H and O–H groups in total. The third-order valence-electron chi connectivity index (χ3n) is 3.21. The summed E-state index contributed by atoms with van der Waals surface area (Å²) in [5.74, 6) is 1.01. The molecule has 0 amide bonds. The SMILES string of the molecule is CCC(CC)C(Cl)C(C)c1ccncc1. The molecule has 0 bridgehead atoms. The van der Waals surface area contributed by atoms with Gasteiger partial charge in [-0.15, -0.1) is 11.6 Å². The molecule has 0 radical (unpaired) electrons. The molecule has 0 aliphatic heterocycles. The summed E-state index contributed by atoms with van der Waals surface area (Å²) in [6, 6.07) is 4.12. The van der Waals surface area contributed by atoms with Gasteiger partial charge < -0.3 is 0 Å². The van der Waals surface area contributed by atoms with Crippen LogP contribution in [0, 0.1) is 5.92 Å². The fraction of sp³-hybridized carbons (Fsp3) is 0.615. The van der Waals surface area contributed by atoms with E-state index in [9.17, 15) is 0 Å². The molecule has 15 heavy (non-hydrogen) atoms. The molecule has 1 aromatic rings. The van der Waals surface area contributed by atoms with Gasteiger partial charge in [-0.05, 0) is 29.5 Å². The molecule has 1 aromatic heterocycles. The molecule has 0 saturated carbocycles. The number of hydrogen-bond acceptors (Lipinski definition) is 1. The predicted molar refractivity (Wildman–Crippen MR) is 66.4 cm³/mol. The fourth-order valence-corrected chi connectivity index (χ4v) is 2.50. The van der Waals surface area contributed by atoms with Gasteiger partial charge in [0.2, 0.25) is 0 Å². The summed E-state index contributed by atoms with van der Waals surface area (Å²) in [7, 11) is 0. The lowest BCUT2D eigenvalue weighted by Crippen LogP contribution is -2.20. The maximum absolute atomic E-state index is 6.51. The number of nitrogens with zero attached hydrogens (tertiary/aromatic N) is 1. The first-order valence-electron chi connectivity index (χ1n) is 5.74. The Balaban J connectivity index is 2.71. The van der Waals surface area contributed by atoms with Crippen molar-refractivity contribution in [3.8, 4) is 0 Å². The topological polar surface area (TPSA) is 12.9 Å². The van der Waals surface area contributed by atoms with Crippen LogP contribution in [-0.2, 0) is 0 Å². The van der Waals surface area contributed by atoms with Crippen molar-refractivity contribution in [2.24, 2.45) is 5.92 Å². The maximum atomic E-state index is 6.51. The van der Waals surface area contributed by atoms with E-state index in [2.05, 4.69) is 37.9 Å². The molecule has 0 aliphatic rings. The summed E-state index contributed by atoms with van der Waals surface area (Å²) in [6.45, 7) is 6.62. The van der Waals surface area contributed by atoms with E-state index in [1.165, 1.54) is 5.56 Å². The van der Waals surface area contributed by atoms with Gasteiger partial charge in [-0.1, -0.05) is 33.6 Å². The molecular weight excluding hydrogens is 206 g/mol. The average Bonchev–Trinajstić information content (AvgIpc) is 2.30. The Morgan fingerprint density at radius 1 is 1.20 bits per heavy atom. The van der Waals surface area contributed by atoms with Crippen LogP contribution >= 0.6 is 11.6 Å². The van der Waals surface area contributed by atoms with Crippen LogP contribution in [0.2, 0.25) is 0 Å². The van der Waals surface area contributed by atoms with Gasteiger partial charge in [-0.25, -0.2) is 0 Å². The number of halogens is 1. The van der Waals surface area contributed by atoms with Crippen LogP contribution in [0.4, 0.5) is 0 Å². The van der Waals surface area contributed by atoms with Gasteiger partial charge >= 0.3 is 0 Å². The van der Waals surface area contributed by atoms with Crippen LogP contribution in [0.5, 0.6) is 0 Å². The van der Waals surface area contributed by atoms with Crippen LogP contribution < -0.4 is 0 Å². The minimum atomic E-state index is 0.224. The van der Waals surface area contributed by atoms with Gasteiger partial charge in [0.25, 0.3) is 0 Å². The van der Waals surface area contributed by atoms with Gasteiger partial charge in [0.15, 0.2) is 0 Å². The largest absolute Gasteiger partial charge is 0.265 e. The zero-order chi connectivity index (χ0) is 11.3. The molecule has 0 aliphatic carbocycles. The third kappa shape index (κ3) is 3.20. The van der Waals surface area contributed by atoms with Gasteiger partial charge in [0, 0.05) is 17.8 Å². The van der Waals surface area contributed by atoms with Gasteiger partial charge in [0.05, 0.1) is 0 Å². The average molecular weight is 226 g/mol. The first-order valence-corrected chi connectivity index (χ1v) is 6.18. The number of aromatic nitrogens is 1. The quantitative estimate of drug-likeness (QED) is 0.684. The van der Waals surface area contributed by atoms with E-state index in [1.54, 1.807) is 0 Å². The number of alkyl halides is 1. The highest BCUT2D eigenvalue weighted by atomic mass is 35.5. The zero-order valence-corrected chi connectivity index (χ0v) is 10.5. The van der Waals surface area contributed by atoms with Crippen molar-refractivity contribution in [3.05, 3.63) is 30.1 Å².